The van der Waals surface area contributed by atoms with Gasteiger partial charge < -0.3 is 9.84 Å². The molecule has 1 aromatic carbocycles. The molecule has 0 aliphatic heterocycles. The van der Waals surface area contributed by atoms with Crippen LogP contribution in [0.3, 0.4) is 0 Å². The van der Waals surface area contributed by atoms with Crippen molar-refractivity contribution in [3.8, 4) is 5.75 Å². The summed E-state index contributed by atoms with van der Waals surface area (Å²) in [5.74, 6) is -0.120. The number of carbonyl (C=O) groups is 1. The van der Waals surface area contributed by atoms with Crippen molar-refractivity contribution < 1.29 is 14.6 Å². The first kappa shape index (κ1) is 13.5. The molecule has 1 aromatic heterocycles. The van der Waals surface area contributed by atoms with E-state index in [9.17, 15) is 4.79 Å². The predicted octanol–water partition coefficient (Wildman–Crippen LogP) is 3.14. The highest BCUT2D eigenvalue weighted by atomic mass is 32.1. The topological polar surface area (TPSA) is 59.4 Å². The van der Waals surface area contributed by atoms with Gasteiger partial charge in [0.05, 0.1) is 17.3 Å². The largest absolute Gasteiger partial charge is 0.494 e. The molecule has 1 heterocycles. The summed E-state index contributed by atoms with van der Waals surface area (Å²) in [5.41, 5.74) is 1.61. The van der Waals surface area contributed by atoms with Crippen LogP contribution in [0.25, 0.3) is 0 Å². The molecule has 0 amide bonds. The van der Waals surface area contributed by atoms with Crippen molar-refractivity contribution in [1.29, 1.82) is 0 Å². The van der Waals surface area contributed by atoms with E-state index in [1.807, 2.05) is 38.1 Å². The zero-order valence-corrected chi connectivity index (χ0v) is 11.7. The van der Waals surface area contributed by atoms with E-state index in [0.29, 0.717) is 23.6 Å². The maximum atomic E-state index is 11.1. The summed E-state index contributed by atoms with van der Waals surface area (Å²) in [7, 11) is 0. The molecule has 0 aliphatic carbocycles. The van der Waals surface area contributed by atoms with Crippen LogP contribution in [0.5, 0.6) is 5.75 Å². The molecule has 0 saturated heterocycles. The zero-order chi connectivity index (χ0) is 13.8. The zero-order valence-electron chi connectivity index (χ0n) is 10.8. The van der Waals surface area contributed by atoms with Crippen LogP contribution in [-0.2, 0) is 6.42 Å². The Hall–Kier alpha value is -1.88. The van der Waals surface area contributed by atoms with E-state index in [1.165, 1.54) is 11.3 Å². The first-order valence-corrected chi connectivity index (χ1v) is 6.83. The fourth-order valence-electron chi connectivity index (χ4n) is 1.86. The SMILES string of the molecule is CCOc1cccc(Cc2nc(C)sc2C(=O)O)c1. The third-order valence-corrected chi connectivity index (χ3v) is 3.58. The summed E-state index contributed by atoms with van der Waals surface area (Å²) in [6.07, 6.45) is 0.507. The Balaban J connectivity index is 2.25. The van der Waals surface area contributed by atoms with E-state index >= 15 is 0 Å². The molecule has 0 radical (unpaired) electrons. The lowest BCUT2D eigenvalue weighted by molar-refractivity contribution is 0.0701. The predicted molar refractivity (Wildman–Crippen MR) is 74.2 cm³/mol. The number of hydrogen-bond donors (Lipinski definition) is 1. The summed E-state index contributed by atoms with van der Waals surface area (Å²) in [5, 5.41) is 9.91. The number of thiazole rings is 1. The number of ether oxygens (including phenoxy) is 1. The highest BCUT2D eigenvalue weighted by Crippen LogP contribution is 2.22. The van der Waals surface area contributed by atoms with Gasteiger partial charge in [0.2, 0.25) is 0 Å². The van der Waals surface area contributed by atoms with Crippen LogP contribution in [0.15, 0.2) is 24.3 Å². The second kappa shape index (κ2) is 5.84. The molecule has 100 valence electrons. The molecule has 2 rings (SSSR count). The minimum atomic E-state index is -0.915. The Morgan fingerprint density at radius 3 is 2.95 bits per heavy atom. The summed E-state index contributed by atoms with van der Waals surface area (Å²) in [6.45, 7) is 4.36. The maximum absolute atomic E-state index is 11.1. The highest BCUT2D eigenvalue weighted by molar-refractivity contribution is 7.13. The average Bonchev–Trinajstić information content (AvgIpc) is 2.71. The third-order valence-electron chi connectivity index (χ3n) is 2.58. The van der Waals surface area contributed by atoms with Gasteiger partial charge in [0.15, 0.2) is 0 Å². The molecule has 0 bridgehead atoms. The number of aromatic nitrogens is 1. The van der Waals surface area contributed by atoms with E-state index < -0.39 is 5.97 Å². The monoisotopic (exact) mass is 277 g/mol. The van der Waals surface area contributed by atoms with Crippen molar-refractivity contribution in [3.63, 3.8) is 0 Å². The number of carboxylic acid groups (broad SMARTS) is 1. The van der Waals surface area contributed by atoms with E-state index in [2.05, 4.69) is 4.98 Å². The smallest absolute Gasteiger partial charge is 0.347 e. The number of hydrogen-bond acceptors (Lipinski definition) is 4. The van der Waals surface area contributed by atoms with Crippen molar-refractivity contribution in [3.05, 3.63) is 45.4 Å². The van der Waals surface area contributed by atoms with E-state index in [4.69, 9.17) is 9.84 Å². The summed E-state index contributed by atoms with van der Waals surface area (Å²) in [6, 6.07) is 7.66. The molecule has 0 fully saturated rings. The minimum Gasteiger partial charge on any atom is -0.494 e. The first-order chi connectivity index (χ1) is 9.10. The lowest BCUT2D eigenvalue weighted by atomic mass is 10.1. The first-order valence-electron chi connectivity index (χ1n) is 6.01. The second-order valence-corrected chi connectivity index (χ2v) is 5.27. The maximum Gasteiger partial charge on any atom is 0.347 e. The quantitative estimate of drug-likeness (QED) is 0.912. The van der Waals surface area contributed by atoms with E-state index in [-0.39, 0.29) is 0 Å². The van der Waals surface area contributed by atoms with E-state index in [0.717, 1.165) is 16.3 Å². The number of aryl methyl sites for hydroxylation is 1. The van der Waals surface area contributed by atoms with E-state index in [1.54, 1.807) is 0 Å². The van der Waals surface area contributed by atoms with Crippen LogP contribution in [0.2, 0.25) is 0 Å². The summed E-state index contributed by atoms with van der Waals surface area (Å²) in [4.78, 5) is 15.8. The molecule has 5 heteroatoms. The Morgan fingerprint density at radius 1 is 1.47 bits per heavy atom. The minimum absolute atomic E-state index is 0.319. The molecular formula is C14H15NO3S. The Labute approximate surface area is 115 Å². The molecule has 0 unspecified atom stereocenters. The normalized spacial score (nSPS) is 10.4. The van der Waals surface area contributed by atoms with Crippen molar-refractivity contribution in [2.45, 2.75) is 20.3 Å². The van der Waals surface area contributed by atoms with Crippen molar-refractivity contribution in [2.24, 2.45) is 0 Å². The molecule has 4 nitrogen and oxygen atoms in total. The Kier molecular flexibility index (Phi) is 4.16. The van der Waals surface area contributed by atoms with Crippen molar-refractivity contribution in [2.75, 3.05) is 6.61 Å². The molecule has 2 aromatic rings. The number of carboxylic acids is 1. The Bertz CT molecular complexity index is 592. The van der Waals surface area contributed by atoms with Crippen LogP contribution in [0.1, 0.15) is 32.9 Å². The van der Waals surface area contributed by atoms with Crippen LogP contribution in [0.4, 0.5) is 0 Å². The fourth-order valence-corrected chi connectivity index (χ4v) is 2.64. The Morgan fingerprint density at radius 2 is 2.26 bits per heavy atom. The summed E-state index contributed by atoms with van der Waals surface area (Å²) < 4.78 is 5.43. The van der Waals surface area contributed by atoms with Gasteiger partial charge in [-0.15, -0.1) is 11.3 Å². The number of aromatic carboxylic acids is 1. The molecule has 0 saturated carbocycles. The molecule has 19 heavy (non-hydrogen) atoms. The van der Waals surface area contributed by atoms with Gasteiger partial charge in [-0.2, -0.15) is 0 Å². The molecule has 0 atom stereocenters. The van der Waals surface area contributed by atoms with Gasteiger partial charge >= 0.3 is 5.97 Å². The van der Waals surface area contributed by atoms with Gasteiger partial charge in [-0.05, 0) is 31.5 Å². The van der Waals surface area contributed by atoms with Crippen LogP contribution in [0, 0.1) is 6.92 Å². The lowest BCUT2D eigenvalue weighted by Gasteiger charge is -2.05. The van der Waals surface area contributed by atoms with Gasteiger partial charge in [0, 0.05) is 6.42 Å². The van der Waals surface area contributed by atoms with Crippen LogP contribution < -0.4 is 4.74 Å². The number of benzene rings is 1. The van der Waals surface area contributed by atoms with Gasteiger partial charge in [-0.3, -0.25) is 0 Å². The van der Waals surface area contributed by atoms with Crippen molar-refractivity contribution in [1.82, 2.24) is 4.98 Å². The lowest BCUT2D eigenvalue weighted by Crippen LogP contribution is -2.00. The van der Waals surface area contributed by atoms with Gasteiger partial charge in [-0.25, -0.2) is 9.78 Å². The second-order valence-electron chi connectivity index (χ2n) is 4.07. The van der Waals surface area contributed by atoms with Gasteiger partial charge in [-0.1, -0.05) is 12.1 Å². The molecule has 1 N–H and O–H groups in total. The standard InChI is InChI=1S/C14H15NO3S/c1-3-18-11-6-4-5-10(7-11)8-12-13(14(16)17)19-9(2)15-12/h4-7H,3,8H2,1-2H3,(H,16,17). The molecular weight excluding hydrogens is 262 g/mol. The molecule has 0 spiro atoms. The van der Waals surface area contributed by atoms with Gasteiger partial charge in [0.1, 0.15) is 10.6 Å². The van der Waals surface area contributed by atoms with Crippen molar-refractivity contribution >= 4 is 17.3 Å². The van der Waals surface area contributed by atoms with Gasteiger partial charge in [0.25, 0.3) is 0 Å². The summed E-state index contributed by atoms with van der Waals surface area (Å²) >= 11 is 1.21. The number of rotatable bonds is 5. The third kappa shape index (κ3) is 3.32. The average molecular weight is 277 g/mol. The highest BCUT2D eigenvalue weighted by Gasteiger charge is 2.16. The van der Waals surface area contributed by atoms with Crippen LogP contribution in [-0.4, -0.2) is 22.7 Å². The number of nitrogens with zero attached hydrogens (tertiary/aromatic N) is 1. The fraction of sp³-hybridized carbons (Fsp3) is 0.286. The molecule has 0 aliphatic rings. The van der Waals surface area contributed by atoms with Crippen LogP contribution >= 0.6 is 11.3 Å².